The van der Waals surface area contributed by atoms with Crippen molar-refractivity contribution < 1.29 is 49.3 Å². The van der Waals surface area contributed by atoms with Crippen LogP contribution in [0.5, 0.6) is 0 Å². The fourth-order valence-electron chi connectivity index (χ4n) is 8.52. The van der Waals surface area contributed by atoms with Gasteiger partial charge in [0.25, 0.3) is 0 Å². The molecule has 0 spiro atoms. The summed E-state index contributed by atoms with van der Waals surface area (Å²) in [6, 6.07) is -1.03. The Balaban J connectivity index is 2.77. The molecule has 8 unspecified atom stereocenters. The topological polar surface area (TPSA) is 175 Å². The molecule has 1 rings (SSSR count). The van der Waals surface area contributed by atoms with Crippen molar-refractivity contribution in [3.8, 4) is 0 Å². The van der Waals surface area contributed by atoms with Crippen LogP contribution in [0, 0.1) is 0 Å². The average Bonchev–Trinajstić information content (AvgIpc) is 3.32. The number of carbonyl (C=O) groups is 2. The van der Waals surface area contributed by atoms with Crippen molar-refractivity contribution >= 4 is 11.9 Å². The lowest BCUT2D eigenvalue weighted by molar-refractivity contribution is -0.305. The molecule has 0 radical (unpaired) electrons. The van der Waals surface area contributed by atoms with E-state index in [0.717, 1.165) is 64.2 Å². The van der Waals surface area contributed by atoms with Gasteiger partial charge in [0.15, 0.2) is 12.4 Å². The normalized spacial score (nSPS) is 20.3. The molecule has 6 N–H and O–H groups in total. The van der Waals surface area contributed by atoms with E-state index in [9.17, 15) is 35.1 Å². The molecule has 1 aliphatic rings. The van der Waals surface area contributed by atoms with Gasteiger partial charge < -0.3 is 45.1 Å². The molecule has 67 heavy (non-hydrogen) atoms. The maximum absolute atomic E-state index is 13.3. The number of unbranched alkanes of at least 4 members (excludes halogenated alkanes) is 28. The van der Waals surface area contributed by atoms with Crippen LogP contribution in [0.3, 0.4) is 0 Å². The van der Waals surface area contributed by atoms with Gasteiger partial charge >= 0.3 is 5.97 Å². The highest BCUT2D eigenvalue weighted by molar-refractivity contribution is 5.80. The molecule has 1 aliphatic heterocycles. The average molecular weight is 950 g/mol. The van der Waals surface area contributed by atoms with E-state index in [1.807, 2.05) is 6.08 Å². The van der Waals surface area contributed by atoms with Crippen LogP contribution in [0.15, 0.2) is 36.5 Å². The molecule has 8 atom stereocenters. The van der Waals surface area contributed by atoms with Crippen LogP contribution in [-0.4, -0.2) is 99.6 Å². The van der Waals surface area contributed by atoms with Gasteiger partial charge in [-0.2, -0.15) is 0 Å². The highest BCUT2D eigenvalue weighted by Gasteiger charge is 2.47. The van der Waals surface area contributed by atoms with Crippen LogP contribution >= 0.6 is 0 Å². The molecule has 0 aromatic rings. The summed E-state index contributed by atoms with van der Waals surface area (Å²) in [6.45, 7) is 5.73. The minimum Gasteiger partial charge on any atom is -0.454 e. The fraction of sp³-hybridized carbons (Fsp3) is 0.857. The predicted molar refractivity (Wildman–Crippen MR) is 274 cm³/mol. The summed E-state index contributed by atoms with van der Waals surface area (Å²) in [5.74, 6) is -1.23. The first-order chi connectivity index (χ1) is 32.7. The van der Waals surface area contributed by atoms with E-state index in [2.05, 4.69) is 50.4 Å². The van der Waals surface area contributed by atoms with E-state index in [1.165, 1.54) is 135 Å². The van der Waals surface area contributed by atoms with Crippen LogP contribution < -0.4 is 5.32 Å². The van der Waals surface area contributed by atoms with Crippen molar-refractivity contribution in [1.82, 2.24) is 5.32 Å². The molecule has 0 saturated carbocycles. The number of amides is 1. The Labute approximate surface area is 409 Å². The lowest BCUT2D eigenvalue weighted by atomic mass is 9.99. The second-order valence-electron chi connectivity index (χ2n) is 19.3. The quantitative estimate of drug-likeness (QED) is 0.0196. The standard InChI is InChI=1S/C56H103NO10/c1-4-7-10-13-16-19-22-24-26-29-32-35-38-41-44-51(61)67-54-53(63)52(62)50(45-58)66-56(54)65-46-47(48(59)42-39-36-33-30-27-21-18-15-12-9-6-3)57-55(64)49(60)43-40-37-34-31-28-25-23-20-17-14-11-8-5-2/h26,28-29,31,39,42,47-50,52-54,56,58-60,62-63H,4-25,27,30,32-38,40-41,43-46H2,1-3H3,(H,57,64)/b29-26-,31-28-,42-39+. The Morgan fingerprint density at radius 3 is 1.45 bits per heavy atom. The van der Waals surface area contributed by atoms with Crippen LogP contribution in [0.2, 0.25) is 0 Å². The van der Waals surface area contributed by atoms with Gasteiger partial charge in [-0.05, 0) is 77.0 Å². The maximum atomic E-state index is 13.3. The maximum Gasteiger partial charge on any atom is 0.306 e. The summed E-state index contributed by atoms with van der Waals surface area (Å²) in [7, 11) is 0. The highest BCUT2D eigenvalue weighted by atomic mass is 16.7. The number of rotatable bonds is 46. The summed E-state index contributed by atoms with van der Waals surface area (Å²) in [5, 5.41) is 56.6. The van der Waals surface area contributed by atoms with E-state index in [1.54, 1.807) is 6.08 Å². The number of ether oxygens (including phenoxy) is 3. The lowest BCUT2D eigenvalue weighted by Gasteiger charge is -2.41. The van der Waals surface area contributed by atoms with Gasteiger partial charge in [-0.3, -0.25) is 9.59 Å². The van der Waals surface area contributed by atoms with E-state index in [0.29, 0.717) is 12.8 Å². The molecular weight excluding hydrogens is 847 g/mol. The Kier molecular flexibility index (Phi) is 42.3. The van der Waals surface area contributed by atoms with Gasteiger partial charge in [-0.25, -0.2) is 0 Å². The third kappa shape index (κ3) is 34.0. The van der Waals surface area contributed by atoms with Gasteiger partial charge in [0.1, 0.15) is 24.4 Å². The Morgan fingerprint density at radius 2 is 0.985 bits per heavy atom. The van der Waals surface area contributed by atoms with E-state index in [-0.39, 0.29) is 19.4 Å². The van der Waals surface area contributed by atoms with Crippen LogP contribution in [-0.2, 0) is 23.8 Å². The highest BCUT2D eigenvalue weighted by Crippen LogP contribution is 2.26. The number of carbonyl (C=O) groups excluding carboxylic acids is 2. The van der Waals surface area contributed by atoms with Crippen molar-refractivity contribution in [2.24, 2.45) is 0 Å². The number of hydrogen-bond donors (Lipinski definition) is 6. The smallest absolute Gasteiger partial charge is 0.306 e. The molecule has 1 amide bonds. The summed E-state index contributed by atoms with van der Waals surface area (Å²) >= 11 is 0. The molecule has 11 heteroatoms. The number of esters is 1. The third-order valence-corrected chi connectivity index (χ3v) is 13.0. The summed E-state index contributed by atoms with van der Waals surface area (Å²) in [4.78, 5) is 26.4. The Morgan fingerprint density at radius 1 is 0.567 bits per heavy atom. The van der Waals surface area contributed by atoms with Crippen molar-refractivity contribution in [2.75, 3.05) is 13.2 Å². The molecular formula is C56H103NO10. The molecule has 0 aliphatic carbocycles. The second kappa shape index (κ2) is 45.0. The molecule has 0 aromatic carbocycles. The zero-order valence-corrected chi connectivity index (χ0v) is 43.0. The minimum atomic E-state index is -1.62. The zero-order chi connectivity index (χ0) is 49.0. The Bertz CT molecular complexity index is 1230. The number of aliphatic hydroxyl groups excluding tert-OH is 5. The predicted octanol–water partition coefficient (Wildman–Crippen LogP) is 11.9. The summed E-state index contributed by atoms with van der Waals surface area (Å²) < 4.78 is 17.5. The molecule has 0 bridgehead atoms. The Hall–Kier alpha value is -2.12. The van der Waals surface area contributed by atoms with Gasteiger partial charge in [0.2, 0.25) is 5.91 Å². The first-order valence-corrected chi connectivity index (χ1v) is 27.8. The first-order valence-electron chi connectivity index (χ1n) is 27.8. The lowest BCUT2D eigenvalue weighted by Crippen LogP contribution is -2.61. The number of nitrogens with one attached hydrogen (secondary N) is 1. The van der Waals surface area contributed by atoms with E-state index >= 15 is 0 Å². The molecule has 11 nitrogen and oxygen atoms in total. The fourth-order valence-corrected chi connectivity index (χ4v) is 8.52. The zero-order valence-electron chi connectivity index (χ0n) is 43.0. The molecule has 392 valence electrons. The third-order valence-electron chi connectivity index (χ3n) is 13.0. The number of allylic oxidation sites excluding steroid dienone is 5. The molecule has 1 fully saturated rings. The van der Waals surface area contributed by atoms with Crippen molar-refractivity contribution in [3.05, 3.63) is 36.5 Å². The molecule has 0 aromatic heterocycles. The minimum absolute atomic E-state index is 0.103. The number of hydrogen-bond acceptors (Lipinski definition) is 10. The van der Waals surface area contributed by atoms with Gasteiger partial charge in [-0.1, -0.05) is 198 Å². The van der Waals surface area contributed by atoms with Crippen LogP contribution in [0.4, 0.5) is 0 Å². The van der Waals surface area contributed by atoms with Crippen molar-refractivity contribution in [2.45, 2.75) is 294 Å². The van der Waals surface area contributed by atoms with E-state index in [4.69, 9.17) is 14.2 Å². The van der Waals surface area contributed by atoms with Crippen molar-refractivity contribution in [1.29, 1.82) is 0 Å². The van der Waals surface area contributed by atoms with Crippen LogP contribution in [0.1, 0.15) is 245 Å². The van der Waals surface area contributed by atoms with Crippen molar-refractivity contribution in [3.63, 3.8) is 0 Å². The second-order valence-corrected chi connectivity index (χ2v) is 19.3. The van der Waals surface area contributed by atoms with Gasteiger partial charge in [0.05, 0.1) is 25.4 Å². The van der Waals surface area contributed by atoms with Gasteiger partial charge in [-0.15, -0.1) is 0 Å². The summed E-state index contributed by atoms with van der Waals surface area (Å²) in [6.07, 6.45) is 40.5. The molecule has 1 saturated heterocycles. The van der Waals surface area contributed by atoms with Gasteiger partial charge in [0, 0.05) is 6.42 Å². The SMILES string of the molecule is CCCCCCCCC/C=C\CCCCCC(=O)OC1C(OCC(NC(=O)C(O)CCCC/C=C\CCCCCCCCC)C(O)/C=C/CCCCCCCCCCC)OC(CO)C(O)C1O. The first kappa shape index (κ1) is 62.9. The monoisotopic (exact) mass is 950 g/mol. The summed E-state index contributed by atoms with van der Waals surface area (Å²) in [5.41, 5.74) is 0. The largest absolute Gasteiger partial charge is 0.454 e. The van der Waals surface area contributed by atoms with E-state index < -0.39 is 67.4 Å². The number of aliphatic hydroxyl groups is 5. The molecule has 1 heterocycles. The van der Waals surface area contributed by atoms with Crippen LogP contribution in [0.25, 0.3) is 0 Å².